The van der Waals surface area contributed by atoms with Crippen LogP contribution in [0.25, 0.3) is 11.4 Å². The minimum absolute atomic E-state index is 0.154. The maximum Gasteiger partial charge on any atom is 0.265 e. The van der Waals surface area contributed by atoms with E-state index >= 15 is 0 Å². The Kier molecular flexibility index (Phi) is 4.19. The molecular formula is C13H12BrClN2O. The van der Waals surface area contributed by atoms with Crippen LogP contribution in [-0.2, 0) is 6.42 Å². The van der Waals surface area contributed by atoms with Gasteiger partial charge < -0.3 is 4.98 Å². The zero-order valence-electron chi connectivity index (χ0n) is 9.84. The first-order valence-corrected chi connectivity index (χ1v) is 6.83. The number of aromatic amines is 1. The molecule has 1 heterocycles. The second kappa shape index (κ2) is 5.67. The highest BCUT2D eigenvalue weighted by atomic mass is 79.9. The number of aromatic nitrogens is 2. The molecule has 94 valence electrons. The monoisotopic (exact) mass is 326 g/mol. The second-order valence-electron chi connectivity index (χ2n) is 3.93. The number of nitrogens with one attached hydrogen (secondary N) is 1. The molecule has 0 atom stereocenters. The van der Waals surface area contributed by atoms with Crippen LogP contribution < -0.4 is 5.56 Å². The molecule has 0 amide bonds. The summed E-state index contributed by atoms with van der Waals surface area (Å²) >= 11 is 9.11. The lowest BCUT2D eigenvalue weighted by atomic mass is 10.2. The van der Waals surface area contributed by atoms with Crippen LogP contribution in [0.5, 0.6) is 0 Å². The van der Waals surface area contributed by atoms with Gasteiger partial charge in [-0.1, -0.05) is 24.9 Å². The van der Waals surface area contributed by atoms with Crippen molar-refractivity contribution in [3.8, 4) is 11.4 Å². The number of aryl methyl sites for hydroxylation is 1. The van der Waals surface area contributed by atoms with Gasteiger partial charge in [-0.3, -0.25) is 4.79 Å². The van der Waals surface area contributed by atoms with Gasteiger partial charge in [0.25, 0.3) is 5.56 Å². The van der Waals surface area contributed by atoms with Crippen LogP contribution in [0.15, 0.2) is 33.5 Å². The topological polar surface area (TPSA) is 45.8 Å². The predicted octanol–water partition coefficient (Wildman–Crippen LogP) is 3.81. The molecule has 2 aromatic rings. The molecule has 0 unspecified atom stereocenters. The average molecular weight is 328 g/mol. The second-order valence-corrected chi connectivity index (χ2v) is 5.16. The number of nitrogens with zero attached hydrogens (tertiary/aromatic N) is 1. The lowest BCUT2D eigenvalue weighted by molar-refractivity contribution is 0.861. The zero-order valence-corrected chi connectivity index (χ0v) is 12.2. The number of hydrogen-bond acceptors (Lipinski definition) is 2. The summed E-state index contributed by atoms with van der Waals surface area (Å²) in [6.07, 6.45) is 1.71. The van der Waals surface area contributed by atoms with Crippen molar-refractivity contribution in [1.29, 1.82) is 0 Å². The third-order valence-corrected chi connectivity index (χ3v) is 3.61. The lowest BCUT2D eigenvalue weighted by Crippen LogP contribution is -2.13. The summed E-state index contributed by atoms with van der Waals surface area (Å²) in [6.45, 7) is 2.05. The Morgan fingerprint density at radius 1 is 1.33 bits per heavy atom. The molecule has 5 heteroatoms. The highest BCUT2D eigenvalue weighted by Crippen LogP contribution is 2.19. The number of rotatable bonds is 3. The van der Waals surface area contributed by atoms with E-state index in [9.17, 15) is 4.79 Å². The first-order chi connectivity index (χ1) is 8.61. The SMILES string of the molecule is CCCc1nc(-c2ccc(Cl)cc2)[nH]c(=O)c1Br. The van der Waals surface area contributed by atoms with Crippen LogP contribution in [0.1, 0.15) is 19.0 Å². The molecule has 2 rings (SSSR count). The normalized spacial score (nSPS) is 10.6. The molecule has 0 radical (unpaired) electrons. The molecule has 1 aromatic heterocycles. The Bertz CT molecular complexity index is 607. The molecule has 1 aromatic carbocycles. The third-order valence-electron chi connectivity index (χ3n) is 2.54. The molecule has 0 spiro atoms. The van der Waals surface area contributed by atoms with Crippen molar-refractivity contribution in [2.75, 3.05) is 0 Å². The summed E-state index contributed by atoms with van der Waals surface area (Å²) < 4.78 is 0.516. The Hall–Kier alpha value is -1.13. The first-order valence-electron chi connectivity index (χ1n) is 5.66. The number of halogens is 2. The van der Waals surface area contributed by atoms with Crippen LogP contribution in [0.2, 0.25) is 5.02 Å². The van der Waals surface area contributed by atoms with Gasteiger partial charge in [0.15, 0.2) is 0 Å². The van der Waals surface area contributed by atoms with Gasteiger partial charge in [-0.15, -0.1) is 0 Å². The summed E-state index contributed by atoms with van der Waals surface area (Å²) in [5.41, 5.74) is 1.48. The maximum atomic E-state index is 11.8. The van der Waals surface area contributed by atoms with Gasteiger partial charge in [-0.25, -0.2) is 4.98 Å². The van der Waals surface area contributed by atoms with Crippen LogP contribution in [0.3, 0.4) is 0 Å². The summed E-state index contributed by atoms with van der Waals surface area (Å²) in [5.74, 6) is 0.573. The average Bonchev–Trinajstić information content (AvgIpc) is 2.36. The predicted molar refractivity (Wildman–Crippen MR) is 77.0 cm³/mol. The maximum absolute atomic E-state index is 11.8. The molecule has 0 saturated heterocycles. The smallest absolute Gasteiger partial charge is 0.265 e. The third kappa shape index (κ3) is 2.82. The van der Waals surface area contributed by atoms with Gasteiger partial charge in [0.1, 0.15) is 10.3 Å². The molecule has 0 fully saturated rings. The number of H-pyrrole nitrogens is 1. The Labute approximate surface area is 118 Å². The highest BCUT2D eigenvalue weighted by Gasteiger charge is 2.09. The van der Waals surface area contributed by atoms with E-state index in [1.165, 1.54) is 0 Å². The molecule has 0 bridgehead atoms. The Morgan fingerprint density at radius 3 is 2.61 bits per heavy atom. The van der Waals surface area contributed by atoms with E-state index in [1.807, 2.05) is 12.1 Å². The molecule has 0 aliphatic heterocycles. The minimum Gasteiger partial charge on any atom is -0.306 e. The summed E-state index contributed by atoms with van der Waals surface area (Å²) in [4.78, 5) is 19.0. The van der Waals surface area contributed by atoms with Crippen molar-refractivity contribution < 1.29 is 0 Å². The number of hydrogen-bond donors (Lipinski definition) is 1. The summed E-state index contributed by atoms with van der Waals surface area (Å²) in [6, 6.07) is 7.23. The van der Waals surface area contributed by atoms with Crippen molar-refractivity contribution in [1.82, 2.24) is 9.97 Å². The fourth-order valence-corrected chi connectivity index (χ4v) is 2.16. The first kappa shape index (κ1) is 13.3. The van der Waals surface area contributed by atoms with Crippen molar-refractivity contribution in [3.05, 3.63) is 49.8 Å². The quantitative estimate of drug-likeness (QED) is 0.932. The number of benzene rings is 1. The summed E-state index contributed by atoms with van der Waals surface area (Å²) in [7, 11) is 0. The van der Waals surface area contributed by atoms with E-state index in [2.05, 4.69) is 32.8 Å². The standard InChI is InChI=1S/C13H12BrClN2O/c1-2-3-10-11(14)13(18)17-12(16-10)8-4-6-9(15)7-5-8/h4-7H,2-3H2,1H3,(H,16,17,18). The minimum atomic E-state index is -0.154. The summed E-state index contributed by atoms with van der Waals surface area (Å²) in [5, 5.41) is 0.659. The van der Waals surface area contributed by atoms with Crippen molar-refractivity contribution in [3.63, 3.8) is 0 Å². The van der Waals surface area contributed by atoms with Crippen molar-refractivity contribution in [2.45, 2.75) is 19.8 Å². The lowest BCUT2D eigenvalue weighted by Gasteiger charge is -2.06. The Balaban J connectivity index is 2.51. The van der Waals surface area contributed by atoms with E-state index < -0.39 is 0 Å². The fraction of sp³-hybridized carbons (Fsp3) is 0.231. The Morgan fingerprint density at radius 2 is 2.00 bits per heavy atom. The van der Waals surface area contributed by atoms with Gasteiger partial charge in [-0.2, -0.15) is 0 Å². The van der Waals surface area contributed by atoms with E-state index in [0.717, 1.165) is 24.1 Å². The van der Waals surface area contributed by atoms with E-state index in [4.69, 9.17) is 11.6 Å². The molecular weight excluding hydrogens is 316 g/mol. The zero-order chi connectivity index (χ0) is 13.1. The van der Waals surface area contributed by atoms with Crippen LogP contribution in [-0.4, -0.2) is 9.97 Å². The van der Waals surface area contributed by atoms with Gasteiger partial charge in [0.2, 0.25) is 0 Å². The fourth-order valence-electron chi connectivity index (χ4n) is 1.65. The van der Waals surface area contributed by atoms with Crippen LogP contribution >= 0.6 is 27.5 Å². The van der Waals surface area contributed by atoms with E-state index in [0.29, 0.717) is 15.3 Å². The molecule has 0 aliphatic rings. The molecule has 3 nitrogen and oxygen atoms in total. The van der Waals surface area contributed by atoms with Gasteiger partial charge >= 0.3 is 0 Å². The molecule has 0 aliphatic carbocycles. The van der Waals surface area contributed by atoms with Gasteiger partial charge in [-0.05, 0) is 46.6 Å². The molecule has 18 heavy (non-hydrogen) atoms. The van der Waals surface area contributed by atoms with Gasteiger partial charge in [0, 0.05) is 10.6 Å². The molecule has 1 N–H and O–H groups in total. The van der Waals surface area contributed by atoms with E-state index in [-0.39, 0.29) is 5.56 Å². The van der Waals surface area contributed by atoms with Crippen LogP contribution in [0, 0.1) is 0 Å². The highest BCUT2D eigenvalue weighted by molar-refractivity contribution is 9.10. The van der Waals surface area contributed by atoms with Crippen LogP contribution in [0.4, 0.5) is 0 Å². The van der Waals surface area contributed by atoms with Crippen molar-refractivity contribution in [2.24, 2.45) is 0 Å². The van der Waals surface area contributed by atoms with Crippen molar-refractivity contribution >= 4 is 27.5 Å². The largest absolute Gasteiger partial charge is 0.306 e. The molecule has 0 saturated carbocycles. The van der Waals surface area contributed by atoms with E-state index in [1.54, 1.807) is 12.1 Å². The van der Waals surface area contributed by atoms with Gasteiger partial charge in [0.05, 0.1) is 5.69 Å².